The summed E-state index contributed by atoms with van der Waals surface area (Å²) in [7, 11) is 0. The van der Waals surface area contributed by atoms with Crippen molar-refractivity contribution in [2.24, 2.45) is 0 Å². The van der Waals surface area contributed by atoms with E-state index in [2.05, 4.69) is 15.5 Å². The molecule has 2 aromatic carbocycles. The Morgan fingerprint density at radius 1 is 1.26 bits per heavy atom. The first-order chi connectivity index (χ1) is 13.0. The van der Waals surface area contributed by atoms with E-state index in [4.69, 9.17) is 17.3 Å². The van der Waals surface area contributed by atoms with Gasteiger partial charge in [-0.1, -0.05) is 41.6 Å². The maximum absolute atomic E-state index is 12.3. The Balaban J connectivity index is 1.71. The number of halogens is 1. The highest BCUT2D eigenvalue weighted by molar-refractivity contribution is 7.99. The van der Waals surface area contributed by atoms with Crippen molar-refractivity contribution >= 4 is 40.6 Å². The molecule has 8 heteroatoms. The van der Waals surface area contributed by atoms with E-state index in [1.54, 1.807) is 6.07 Å². The molecular formula is C19H20ClN5OS. The Bertz CT molecular complexity index is 972. The fraction of sp³-hybridized carbons (Fsp3) is 0.211. The maximum atomic E-state index is 12.3. The highest BCUT2D eigenvalue weighted by atomic mass is 35.5. The lowest BCUT2D eigenvalue weighted by atomic mass is 10.2. The molecule has 3 aromatic rings. The van der Waals surface area contributed by atoms with Gasteiger partial charge in [-0.3, -0.25) is 4.79 Å². The van der Waals surface area contributed by atoms with E-state index in [0.717, 1.165) is 17.0 Å². The van der Waals surface area contributed by atoms with Crippen LogP contribution in [0, 0.1) is 6.92 Å². The van der Waals surface area contributed by atoms with Crippen molar-refractivity contribution in [2.75, 3.05) is 16.8 Å². The normalized spacial score (nSPS) is 10.8. The molecule has 3 N–H and O–H groups in total. The van der Waals surface area contributed by atoms with Crippen LogP contribution in [0.5, 0.6) is 0 Å². The first kappa shape index (κ1) is 19.3. The van der Waals surface area contributed by atoms with Crippen LogP contribution in [0.25, 0.3) is 11.4 Å². The number of hydrogen-bond donors (Lipinski definition) is 2. The number of thioether (sulfide) groups is 1. The molecule has 0 unspecified atom stereocenters. The van der Waals surface area contributed by atoms with E-state index in [1.807, 2.05) is 54.8 Å². The van der Waals surface area contributed by atoms with Gasteiger partial charge in [-0.2, -0.15) is 0 Å². The number of rotatable bonds is 6. The van der Waals surface area contributed by atoms with Crippen LogP contribution in [0.15, 0.2) is 47.6 Å². The van der Waals surface area contributed by atoms with E-state index < -0.39 is 0 Å². The standard InChI is InChI=1S/C19H20ClN5OS/c1-3-25-18(13-6-4-7-14(21)10-13)23-24-19(25)27-11-17(26)22-16-9-5-8-15(20)12(16)2/h4-10H,3,11,21H2,1-2H3,(H,22,26). The molecule has 140 valence electrons. The highest BCUT2D eigenvalue weighted by Crippen LogP contribution is 2.26. The fourth-order valence-electron chi connectivity index (χ4n) is 2.63. The molecule has 1 aromatic heterocycles. The molecule has 0 aliphatic heterocycles. The largest absolute Gasteiger partial charge is 0.399 e. The molecule has 0 fully saturated rings. The van der Waals surface area contributed by atoms with Crippen LogP contribution in [-0.2, 0) is 11.3 Å². The number of carbonyl (C=O) groups is 1. The minimum Gasteiger partial charge on any atom is -0.399 e. The number of nitrogens with zero attached hydrogens (tertiary/aromatic N) is 3. The van der Waals surface area contributed by atoms with Crippen molar-refractivity contribution in [3.8, 4) is 11.4 Å². The van der Waals surface area contributed by atoms with Crippen LogP contribution in [0.4, 0.5) is 11.4 Å². The molecule has 1 heterocycles. The van der Waals surface area contributed by atoms with Gasteiger partial charge in [0.2, 0.25) is 5.91 Å². The van der Waals surface area contributed by atoms with Crippen molar-refractivity contribution in [1.82, 2.24) is 14.8 Å². The van der Waals surface area contributed by atoms with Crippen LogP contribution in [0.1, 0.15) is 12.5 Å². The maximum Gasteiger partial charge on any atom is 0.234 e. The van der Waals surface area contributed by atoms with E-state index in [-0.39, 0.29) is 11.7 Å². The molecule has 1 amide bonds. The zero-order chi connectivity index (χ0) is 19.4. The molecule has 27 heavy (non-hydrogen) atoms. The minimum atomic E-state index is -0.124. The number of carbonyl (C=O) groups excluding carboxylic acids is 1. The average molecular weight is 402 g/mol. The van der Waals surface area contributed by atoms with Gasteiger partial charge >= 0.3 is 0 Å². The summed E-state index contributed by atoms with van der Waals surface area (Å²) in [4.78, 5) is 12.3. The zero-order valence-electron chi connectivity index (χ0n) is 15.1. The van der Waals surface area contributed by atoms with Crippen LogP contribution >= 0.6 is 23.4 Å². The molecule has 0 aliphatic rings. The number of anilines is 2. The molecule has 0 spiro atoms. The lowest BCUT2D eigenvalue weighted by Crippen LogP contribution is -2.15. The molecule has 0 aliphatic carbocycles. The van der Waals surface area contributed by atoms with Crippen LogP contribution in [0.2, 0.25) is 5.02 Å². The first-order valence-electron chi connectivity index (χ1n) is 8.46. The average Bonchev–Trinajstić information content (AvgIpc) is 3.07. The third-order valence-corrected chi connectivity index (χ3v) is 5.43. The number of aromatic nitrogens is 3. The quantitative estimate of drug-likeness (QED) is 0.476. The van der Waals surface area contributed by atoms with Crippen molar-refractivity contribution < 1.29 is 4.79 Å². The lowest BCUT2D eigenvalue weighted by Gasteiger charge is -2.10. The van der Waals surface area contributed by atoms with Crippen molar-refractivity contribution in [3.63, 3.8) is 0 Å². The van der Waals surface area contributed by atoms with Gasteiger partial charge in [0.1, 0.15) is 0 Å². The number of nitrogen functional groups attached to an aromatic ring is 1. The summed E-state index contributed by atoms with van der Waals surface area (Å²) >= 11 is 7.44. The van der Waals surface area contributed by atoms with Gasteiger partial charge in [-0.25, -0.2) is 0 Å². The molecule has 3 rings (SSSR count). The summed E-state index contributed by atoms with van der Waals surface area (Å²) in [5.74, 6) is 0.834. The minimum absolute atomic E-state index is 0.124. The smallest absolute Gasteiger partial charge is 0.234 e. The topological polar surface area (TPSA) is 85.8 Å². The summed E-state index contributed by atoms with van der Waals surface area (Å²) in [6, 6.07) is 12.9. The second kappa shape index (κ2) is 8.45. The highest BCUT2D eigenvalue weighted by Gasteiger charge is 2.15. The number of benzene rings is 2. The third-order valence-electron chi connectivity index (χ3n) is 4.05. The Morgan fingerprint density at radius 2 is 2.04 bits per heavy atom. The number of amides is 1. The predicted molar refractivity (Wildman–Crippen MR) is 111 cm³/mol. The molecule has 0 bridgehead atoms. The summed E-state index contributed by atoms with van der Waals surface area (Å²) in [5, 5.41) is 12.7. The second-order valence-corrected chi connectivity index (χ2v) is 7.27. The Labute approximate surface area is 167 Å². The Hall–Kier alpha value is -2.51. The predicted octanol–water partition coefficient (Wildman–Crippen LogP) is 4.24. The van der Waals surface area contributed by atoms with Gasteiger partial charge in [0.25, 0.3) is 0 Å². The number of nitrogens with one attached hydrogen (secondary N) is 1. The van der Waals surface area contributed by atoms with E-state index in [1.165, 1.54) is 11.8 Å². The molecule has 0 saturated carbocycles. The molecule has 0 atom stereocenters. The van der Waals surface area contributed by atoms with Crippen LogP contribution in [-0.4, -0.2) is 26.4 Å². The van der Waals surface area contributed by atoms with Crippen LogP contribution < -0.4 is 11.1 Å². The van der Waals surface area contributed by atoms with Crippen molar-refractivity contribution in [3.05, 3.63) is 53.1 Å². The van der Waals surface area contributed by atoms with Gasteiger partial charge in [0.05, 0.1) is 5.75 Å². The van der Waals surface area contributed by atoms with E-state index in [0.29, 0.717) is 28.1 Å². The number of hydrogen-bond acceptors (Lipinski definition) is 5. The van der Waals surface area contributed by atoms with Gasteiger partial charge in [-0.15, -0.1) is 10.2 Å². The fourth-order valence-corrected chi connectivity index (χ4v) is 3.61. The van der Waals surface area contributed by atoms with Crippen LogP contribution in [0.3, 0.4) is 0 Å². The second-order valence-electron chi connectivity index (χ2n) is 5.93. The summed E-state index contributed by atoms with van der Waals surface area (Å²) in [6.07, 6.45) is 0. The molecule has 0 radical (unpaired) electrons. The van der Waals surface area contributed by atoms with Crippen molar-refractivity contribution in [1.29, 1.82) is 0 Å². The van der Waals surface area contributed by atoms with E-state index >= 15 is 0 Å². The summed E-state index contributed by atoms with van der Waals surface area (Å²) < 4.78 is 1.97. The van der Waals surface area contributed by atoms with Gasteiger partial charge in [0, 0.05) is 28.5 Å². The third kappa shape index (κ3) is 4.43. The van der Waals surface area contributed by atoms with Gasteiger partial charge in [0.15, 0.2) is 11.0 Å². The van der Waals surface area contributed by atoms with Gasteiger partial charge < -0.3 is 15.6 Å². The molecule has 0 saturated heterocycles. The van der Waals surface area contributed by atoms with E-state index in [9.17, 15) is 4.79 Å². The van der Waals surface area contributed by atoms with Crippen molar-refractivity contribution in [2.45, 2.75) is 25.5 Å². The monoisotopic (exact) mass is 401 g/mol. The first-order valence-corrected chi connectivity index (χ1v) is 9.82. The lowest BCUT2D eigenvalue weighted by molar-refractivity contribution is -0.113. The summed E-state index contributed by atoms with van der Waals surface area (Å²) in [6.45, 7) is 4.57. The molecule has 6 nitrogen and oxygen atoms in total. The Morgan fingerprint density at radius 3 is 2.78 bits per heavy atom. The Kier molecular flexibility index (Phi) is 6.03. The van der Waals surface area contributed by atoms with Gasteiger partial charge in [-0.05, 0) is 43.7 Å². The SMILES string of the molecule is CCn1c(SCC(=O)Nc2cccc(Cl)c2C)nnc1-c1cccc(N)c1. The zero-order valence-corrected chi connectivity index (χ0v) is 16.6. The molecular weight excluding hydrogens is 382 g/mol. The number of nitrogens with two attached hydrogens (primary N) is 1. The summed E-state index contributed by atoms with van der Waals surface area (Å²) in [5.41, 5.74) is 8.99.